The maximum Gasteiger partial charge on any atom is 0.407 e. The molecule has 0 saturated heterocycles. The third kappa shape index (κ3) is 15.1. The highest BCUT2D eigenvalue weighted by Gasteiger charge is 2.24. The molecule has 0 aromatic heterocycles. The minimum Gasteiger partial charge on any atom is -0.444 e. The number of amides is 2. The number of aliphatic hydroxyl groups excluding tert-OH is 1. The topological polar surface area (TPSA) is 87.7 Å². The van der Waals surface area contributed by atoms with Gasteiger partial charge in [0.2, 0.25) is 5.91 Å². The largest absolute Gasteiger partial charge is 0.444 e. The summed E-state index contributed by atoms with van der Waals surface area (Å²) >= 11 is 0. The second-order valence-corrected chi connectivity index (χ2v) is 9.31. The molecule has 0 aliphatic heterocycles. The standard InChI is InChI=1S/C21H28FNO2.C6H13NO2.C2H6/c1-6-16(8-7-14(2)3)17-9-11-18(12-10-17)20(24)19(13-22)23-21(25)15(4)5;1-6(2,3)9-5(8)7-4;1-2/h6-12,15,19-20,24H,1,13H2,2-5H3,(H,23,25);1-4H3,(H,7,8);1-2H3/b16-8+;;. The van der Waals surface area contributed by atoms with E-state index in [2.05, 4.69) is 17.2 Å². The first-order chi connectivity index (χ1) is 16.7. The molecule has 7 heteroatoms. The average molecular weight is 507 g/mol. The summed E-state index contributed by atoms with van der Waals surface area (Å²) in [6.45, 7) is 19.9. The fourth-order valence-corrected chi connectivity index (χ4v) is 2.52. The Kier molecular flexibility index (Phi) is 18.0. The molecule has 0 heterocycles. The molecular formula is C29H47FN2O4. The Balaban J connectivity index is 0. The number of rotatable bonds is 8. The highest BCUT2D eigenvalue weighted by molar-refractivity contribution is 5.78. The molecule has 204 valence electrons. The van der Waals surface area contributed by atoms with Crippen LogP contribution in [0.25, 0.3) is 5.57 Å². The van der Waals surface area contributed by atoms with Crippen LogP contribution in [0, 0.1) is 5.92 Å². The predicted molar refractivity (Wildman–Crippen MR) is 148 cm³/mol. The first kappa shape index (κ1) is 35.2. The second-order valence-electron chi connectivity index (χ2n) is 9.31. The Morgan fingerprint density at radius 2 is 1.64 bits per heavy atom. The van der Waals surface area contributed by atoms with Crippen LogP contribution in [-0.4, -0.2) is 42.5 Å². The van der Waals surface area contributed by atoms with Crippen LogP contribution in [-0.2, 0) is 9.53 Å². The highest BCUT2D eigenvalue weighted by atomic mass is 19.1. The summed E-state index contributed by atoms with van der Waals surface area (Å²) in [7, 11) is 1.54. The van der Waals surface area contributed by atoms with E-state index in [1.54, 1.807) is 32.1 Å². The lowest BCUT2D eigenvalue weighted by molar-refractivity contribution is -0.125. The van der Waals surface area contributed by atoms with Crippen LogP contribution < -0.4 is 10.6 Å². The summed E-state index contributed by atoms with van der Waals surface area (Å²) in [5.74, 6) is -0.545. The average Bonchev–Trinajstić information content (AvgIpc) is 2.83. The molecule has 2 amide bonds. The number of benzene rings is 1. The van der Waals surface area contributed by atoms with Gasteiger partial charge in [0.05, 0.1) is 6.04 Å². The van der Waals surface area contributed by atoms with Crippen molar-refractivity contribution in [3.63, 3.8) is 0 Å². The van der Waals surface area contributed by atoms with Gasteiger partial charge >= 0.3 is 6.09 Å². The lowest BCUT2D eigenvalue weighted by atomic mass is 9.98. The lowest BCUT2D eigenvalue weighted by Gasteiger charge is -2.23. The summed E-state index contributed by atoms with van der Waals surface area (Å²) in [5, 5.41) is 15.3. The van der Waals surface area contributed by atoms with Crippen molar-refractivity contribution < 1.29 is 23.8 Å². The molecule has 0 aliphatic rings. The van der Waals surface area contributed by atoms with Crippen molar-refractivity contribution in [2.24, 2.45) is 5.92 Å². The van der Waals surface area contributed by atoms with Gasteiger partial charge in [-0.2, -0.15) is 0 Å². The lowest BCUT2D eigenvalue weighted by Crippen LogP contribution is -2.42. The van der Waals surface area contributed by atoms with E-state index in [9.17, 15) is 19.1 Å². The molecule has 36 heavy (non-hydrogen) atoms. The Hall–Kier alpha value is -2.93. The van der Waals surface area contributed by atoms with Crippen molar-refractivity contribution in [1.82, 2.24) is 10.6 Å². The number of aliphatic hydroxyl groups is 1. The molecule has 2 unspecified atom stereocenters. The number of nitrogens with one attached hydrogen (secondary N) is 2. The maximum absolute atomic E-state index is 13.3. The zero-order chi connectivity index (χ0) is 28.5. The summed E-state index contributed by atoms with van der Waals surface area (Å²) in [4.78, 5) is 22.2. The van der Waals surface area contributed by atoms with Crippen LogP contribution in [0.15, 0.2) is 54.6 Å². The fraction of sp³-hybridized carbons (Fsp3) is 0.517. The first-order valence-electron chi connectivity index (χ1n) is 12.3. The number of carbonyl (C=O) groups excluding carboxylic acids is 2. The van der Waals surface area contributed by atoms with Gasteiger partial charge in [-0.15, -0.1) is 0 Å². The molecule has 1 aromatic rings. The van der Waals surface area contributed by atoms with E-state index < -0.39 is 18.8 Å². The zero-order valence-corrected chi connectivity index (χ0v) is 23.7. The van der Waals surface area contributed by atoms with E-state index in [1.807, 2.05) is 72.8 Å². The monoisotopic (exact) mass is 506 g/mol. The van der Waals surface area contributed by atoms with E-state index >= 15 is 0 Å². The van der Waals surface area contributed by atoms with Crippen molar-refractivity contribution in [2.75, 3.05) is 13.7 Å². The van der Waals surface area contributed by atoms with Gasteiger partial charge in [0.15, 0.2) is 0 Å². The molecule has 3 N–H and O–H groups in total. The number of hydrogen-bond acceptors (Lipinski definition) is 4. The smallest absolute Gasteiger partial charge is 0.407 e. The van der Waals surface area contributed by atoms with Crippen molar-refractivity contribution in [3.05, 3.63) is 65.8 Å². The quantitative estimate of drug-likeness (QED) is 0.350. The van der Waals surface area contributed by atoms with Crippen LogP contribution >= 0.6 is 0 Å². The molecular weight excluding hydrogens is 459 g/mol. The summed E-state index contributed by atoms with van der Waals surface area (Å²) in [6.07, 6.45) is 4.25. The fourth-order valence-electron chi connectivity index (χ4n) is 2.52. The first-order valence-corrected chi connectivity index (χ1v) is 12.3. The van der Waals surface area contributed by atoms with E-state index in [0.717, 1.165) is 11.1 Å². The van der Waals surface area contributed by atoms with Crippen molar-refractivity contribution >= 4 is 17.6 Å². The van der Waals surface area contributed by atoms with Gasteiger partial charge < -0.3 is 20.5 Å². The van der Waals surface area contributed by atoms with Gasteiger partial charge in [-0.25, -0.2) is 9.18 Å². The van der Waals surface area contributed by atoms with Gasteiger partial charge in [-0.3, -0.25) is 4.79 Å². The number of carbonyl (C=O) groups is 2. The van der Waals surface area contributed by atoms with E-state index in [1.165, 1.54) is 12.6 Å². The van der Waals surface area contributed by atoms with Gasteiger partial charge in [0.1, 0.15) is 18.4 Å². The maximum atomic E-state index is 13.3. The number of alkyl carbamates (subject to hydrolysis) is 1. The Bertz CT molecular complexity index is 849. The molecule has 1 aromatic carbocycles. The molecule has 0 saturated carbocycles. The molecule has 0 radical (unpaired) electrons. The number of alkyl halides is 1. The summed E-state index contributed by atoms with van der Waals surface area (Å²) in [6, 6.07) is 6.23. The molecule has 0 spiro atoms. The van der Waals surface area contributed by atoms with Crippen molar-refractivity contribution in [1.29, 1.82) is 0 Å². The number of halogens is 1. The molecule has 0 aliphatic carbocycles. The number of ether oxygens (including phenoxy) is 1. The summed E-state index contributed by atoms with van der Waals surface area (Å²) < 4.78 is 18.1. The van der Waals surface area contributed by atoms with Gasteiger partial charge in [0.25, 0.3) is 0 Å². The minimum atomic E-state index is -1.10. The summed E-state index contributed by atoms with van der Waals surface area (Å²) in [5.41, 5.74) is 3.25. The number of allylic oxidation sites excluding steroid dienone is 5. The Morgan fingerprint density at radius 3 is 1.97 bits per heavy atom. The van der Waals surface area contributed by atoms with Crippen LogP contribution in [0.2, 0.25) is 0 Å². The van der Waals surface area contributed by atoms with Crippen LogP contribution in [0.3, 0.4) is 0 Å². The Labute approximate surface area is 217 Å². The SMILES string of the molecule is C=C/C(=C\C=C(C)C)c1ccc(C(O)C(CF)NC(=O)C(C)C)cc1.CC.CNC(=O)OC(C)(C)C. The molecule has 6 nitrogen and oxygen atoms in total. The van der Waals surface area contributed by atoms with Crippen molar-refractivity contribution in [3.8, 4) is 0 Å². The predicted octanol–water partition coefficient (Wildman–Crippen LogP) is 6.53. The van der Waals surface area contributed by atoms with Crippen molar-refractivity contribution in [2.45, 2.75) is 80.1 Å². The number of hydrogen-bond donors (Lipinski definition) is 3. The second kappa shape index (κ2) is 18.4. The van der Waals surface area contributed by atoms with Crippen LogP contribution in [0.4, 0.5) is 9.18 Å². The third-order valence-electron chi connectivity index (χ3n) is 4.40. The third-order valence-corrected chi connectivity index (χ3v) is 4.40. The van der Waals surface area contributed by atoms with Gasteiger partial charge in [-0.1, -0.05) is 82.3 Å². The normalized spacial score (nSPS) is 12.5. The molecule has 0 fully saturated rings. The molecule has 1 rings (SSSR count). The van der Waals surface area contributed by atoms with Gasteiger partial charge in [0, 0.05) is 13.0 Å². The van der Waals surface area contributed by atoms with Crippen LogP contribution in [0.1, 0.15) is 79.5 Å². The molecule has 2 atom stereocenters. The van der Waals surface area contributed by atoms with E-state index in [-0.39, 0.29) is 23.5 Å². The highest BCUT2D eigenvalue weighted by Crippen LogP contribution is 2.22. The van der Waals surface area contributed by atoms with Gasteiger partial charge in [-0.05, 0) is 51.3 Å². The molecule has 0 bridgehead atoms. The van der Waals surface area contributed by atoms with E-state index in [0.29, 0.717) is 5.56 Å². The van der Waals surface area contributed by atoms with E-state index in [4.69, 9.17) is 4.74 Å². The zero-order valence-electron chi connectivity index (χ0n) is 23.7. The van der Waals surface area contributed by atoms with Crippen LogP contribution in [0.5, 0.6) is 0 Å². The Morgan fingerprint density at radius 1 is 1.11 bits per heavy atom. The minimum absolute atomic E-state index is 0.265.